The van der Waals surface area contributed by atoms with Gasteiger partial charge in [-0.3, -0.25) is 9.59 Å². The predicted molar refractivity (Wildman–Crippen MR) is 114 cm³/mol. The van der Waals surface area contributed by atoms with Crippen LogP contribution >= 0.6 is 0 Å². The zero-order chi connectivity index (χ0) is 22.0. The summed E-state index contributed by atoms with van der Waals surface area (Å²) in [5, 5.41) is 0. The van der Waals surface area contributed by atoms with E-state index in [1.54, 1.807) is 9.80 Å². The Morgan fingerprint density at radius 3 is 2.45 bits per heavy atom. The van der Waals surface area contributed by atoms with E-state index in [9.17, 15) is 18.0 Å². The van der Waals surface area contributed by atoms with E-state index in [1.807, 2.05) is 0 Å². The Hall–Kier alpha value is -1.91. The molecule has 3 aliphatic rings. The summed E-state index contributed by atoms with van der Waals surface area (Å²) in [5.74, 6) is 0.118. The number of sulfonamides is 1. The number of nitrogens with one attached hydrogen (secondary N) is 1. The average molecular weight is 453 g/mol. The number of piperidine rings is 2. The van der Waals surface area contributed by atoms with Gasteiger partial charge in [-0.05, 0) is 37.7 Å². The Kier molecular flexibility index (Phi) is 6.68. The summed E-state index contributed by atoms with van der Waals surface area (Å²) in [6, 6.07) is 1.43. The Morgan fingerprint density at radius 1 is 1.03 bits per heavy atom. The first-order chi connectivity index (χ1) is 14.9. The van der Waals surface area contributed by atoms with E-state index in [2.05, 4.69) is 11.9 Å². The van der Waals surface area contributed by atoms with Crippen molar-refractivity contribution in [1.82, 2.24) is 19.1 Å². The number of carbonyl (C=O) groups is 2. The van der Waals surface area contributed by atoms with E-state index < -0.39 is 10.0 Å². The molecule has 0 bridgehead atoms. The van der Waals surface area contributed by atoms with Crippen molar-refractivity contribution in [1.29, 1.82) is 0 Å². The number of rotatable bonds is 4. The summed E-state index contributed by atoms with van der Waals surface area (Å²) in [4.78, 5) is 32.1. The first-order valence-corrected chi connectivity index (χ1v) is 12.6. The number of amides is 2. The molecule has 3 fully saturated rings. The van der Waals surface area contributed by atoms with Crippen molar-refractivity contribution in [2.24, 2.45) is 11.8 Å². The molecular formula is C21H32N4O5S. The number of likely N-dealkylation sites (tertiary alicyclic amines) is 1. The molecule has 0 aromatic carbocycles. The molecule has 10 heteroatoms. The van der Waals surface area contributed by atoms with Gasteiger partial charge in [0.05, 0.1) is 19.1 Å². The maximum atomic E-state index is 13.2. The second-order valence-electron chi connectivity index (χ2n) is 8.86. The van der Waals surface area contributed by atoms with Gasteiger partial charge in [0, 0.05) is 45.5 Å². The maximum Gasteiger partial charge on any atom is 0.270 e. The lowest BCUT2D eigenvalue weighted by molar-refractivity contribution is -0.140. The third-order valence-corrected chi connectivity index (χ3v) is 8.49. The molecule has 3 saturated heterocycles. The fourth-order valence-corrected chi connectivity index (χ4v) is 6.10. The minimum absolute atomic E-state index is 0.00691. The molecule has 0 aliphatic carbocycles. The number of ether oxygens (including phenoxy) is 1. The SMILES string of the molecule is CC1CCN(C(=O)c2cc(S(=O)(=O)N3CCC[C@@H](C(=O)N4CCOCC4)C3)c[nH]2)CC1. The minimum atomic E-state index is -3.78. The van der Waals surface area contributed by atoms with Gasteiger partial charge in [-0.15, -0.1) is 0 Å². The highest BCUT2D eigenvalue weighted by Crippen LogP contribution is 2.26. The summed E-state index contributed by atoms with van der Waals surface area (Å²) in [6.07, 6.45) is 4.64. The third-order valence-electron chi connectivity index (χ3n) is 6.65. The van der Waals surface area contributed by atoms with Crippen LogP contribution in [0, 0.1) is 11.8 Å². The van der Waals surface area contributed by atoms with Crippen LogP contribution in [-0.2, 0) is 19.6 Å². The summed E-state index contributed by atoms with van der Waals surface area (Å²) in [5.41, 5.74) is 0.297. The Labute approximate surface area is 183 Å². The van der Waals surface area contributed by atoms with Crippen LogP contribution in [0.1, 0.15) is 43.1 Å². The lowest BCUT2D eigenvalue weighted by Gasteiger charge is -2.35. The van der Waals surface area contributed by atoms with Crippen LogP contribution in [0.2, 0.25) is 0 Å². The Balaban J connectivity index is 1.43. The van der Waals surface area contributed by atoms with Gasteiger partial charge in [-0.25, -0.2) is 8.42 Å². The number of hydrogen-bond acceptors (Lipinski definition) is 5. The fraction of sp³-hybridized carbons (Fsp3) is 0.714. The standard InChI is InChI=1S/C21H32N4O5S/c1-16-4-7-23(8-5-16)21(27)19-13-18(14-22-19)31(28,29)25-6-2-3-17(15-25)20(26)24-9-11-30-12-10-24/h13-14,16-17,22H,2-12,15H2,1H3/t17-/m1/s1. The molecule has 1 aromatic rings. The highest BCUT2D eigenvalue weighted by molar-refractivity contribution is 7.89. The first kappa shape index (κ1) is 22.3. The van der Waals surface area contributed by atoms with Gasteiger partial charge in [-0.1, -0.05) is 6.92 Å². The van der Waals surface area contributed by atoms with E-state index >= 15 is 0 Å². The van der Waals surface area contributed by atoms with E-state index in [0.717, 1.165) is 12.8 Å². The van der Waals surface area contributed by atoms with Crippen molar-refractivity contribution in [2.45, 2.75) is 37.5 Å². The number of morpholine rings is 1. The molecule has 2 amide bonds. The summed E-state index contributed by atoms with van der Waals surface area (Å²) in [6.45, 7) is 6.28. The zero-order valence-electron chi connectivity index (χ0n) is 18.1. The van der Waals surface area contributed by atoms with Crippen molar-refractivity contribution in [3.05, 3.63) is 18.0 Å². The van der Waals surface area contributed by atoms with E-state index in [4.69, 9.17) is 4.74 Å². The number of carbonyl (C=O) groups excluding carboxylic acids is 2. The van der Waals surface area contributed by atoms with Crippen LogP contribution < -0.4 is 0 Å². The highest BCUT2D eigenvalue weighted by Gasteiger charge is 2.36. The Bertz CT molecular complexity index is 901. The molecule has 1 atom stereocenters. The van der Waals surface area contributed by atoms with Crippen molar-refractivity contribution in [3.63, 3.8) is 0 Å². The molecule has 0 radical (unpaired) electrons. The summed E-state index contributed by atoms with van der Waals surface area (Å²) in [7, 11) is -3.78. The molecule has 4 rings (SSSR count). The van der Waals surface area contributed by atoms with Gasteiger partial charge in [0.1, 0.15) is 10.6 Å². The van der Waals surface area contributed by atoms with Crippen molar-refractivity contribution in [2.75, 3.05) is 52.5 Å². The third kappa shape index (κ3) is 4.80. The molecule has 172 valence electrons. The first-order valence-electron chi connectivity index (χ1n) is 11.2. The van der Waals surface area contributed by atoms with Gasteiger partial charge in [-0.2, -0.15) is 4.31 Å². The number of aromatic amines is 1. The summed E-state index contributed by atoms with van der Waals surface area (Å²) >= 11 is 0. The lowest BCUT2D eigenvalue weighted by atomic mass is 9.98. The van der Waals surface area contributed by atoms with Gasteiger partial charge < -0.3 is 19.5 Å². The normalized spacial score (nSPS) is 24.4. The van der Waals surface area contributed by atoms with Crippen LogP contribution in [0.3, 0.4) is 0 Å². The lowest BCUT2D eigenvalue weighted by Crippen LogP contribution is -2.49. The number of H-pyrrole nitrogens is 1. The largest absolute Gasteiger partial charge is 0.378 e. The predicted octanol–water partition coefficient (Wildman–Crippen LogP) is 1.15. The monoisotopic (exact) mass is 452 g/mol. The van der Waals surface area contributed by atoms with Crippen molar-refractivity contribution >= 4 is 21.8 Å². The van der Waals surface area contributed by atoms with E-state index in [1.165, 1.54) is 16.6 Å². The molecule has 0 spiro atoms. The van der Waals surface area contributed by atoms with Crippen LogP contribution in [0.15, 0.2) is 17.2 Å². The van der Waals surface area contributed by atoms with E-state index in [-0.39, 0.29) is 29.2 Å². The molecule has 9 nitrogen and oxygen atoms in total. The van der Waals surface area contributed by atoms with Crippen molar-refractivity contribution < 1.29 is 22.7 Å². The molecule has 1 aromatic heterocycles. The van der Waals surface area contributed by atoms with E-state index in [0.29, 0.717) is 70.4 Å². The van der Waals surface area contributed by atoms with Gasteiger partial charge in [0.2, 0.25) is 15.9 Å². The number of nitrogens with zero attached hydrogens (tertiary/aromatic N) is 3. The molecule has 0 saturated carbocycles. The second kappa shape index (κ2) is 9.30. The van der Waals surface area contributed by atoms with Crippen LogP contribution in [0.4, 0.5) is 0 Å². The molecular weight excluding hydrogens is 420 g/mol. The smallest absolute Gasteiger partial charge is 0.270 e. The van der Waals surface area contributed by atoms with Gasteiger partial charge in [0.15, 0.2) is 0 Å². The van der Waals surface area contributed by atoms with Crippen LogP contribution in [-0.4, -0.2) is 91.8 Å². The quantitative estimate of drug-likeness (QED) is 0.738. The molecule has 4 heterocycles. The Morgan fingerprint density at radius 2 is 1.74 bits per heavy atom. The minimum Gasteiger partial charge on any atom is -0.378 e. The molecule has 1 N–H and O–H groups in total. The maximum absolute atomic E-state index is 13.2. The van der Waals surface area contributed by atoms with Gasteiger partial charge in [0.25, 0.3) is 5.91 Å². The number of hydrogen-bond donors (Lipinski definition) is 1. The molecule has 31 heavy (non-hydrogen) atoms. The highest BCUT2D eigenvalue weighted by atomic mass is 32.2. The number of aromatic nitrogens is 1. The zero-order valence-corrected chi connectivity index (χ0v) is 18.9. The topological polar surface area (TPSA) is 103 Å². The summed E-state index contributed by atoms with van der Waals surface area (Å²) < 4.78 is 33.1. The molecule has 3 aliphatic heterocycles. The van der Waals surface area contributed by atoms with Crippen LogP contribution in [0.25, 0.3) is 0 Å². The average Bonchev–Trinajstić information content (AvgIpc) is 3.30. The van der Waals surface area contributed by atoms with Crippen molar-refractivity contribution in [3.8, 4) is 0 Å². The fourth-order valence-electron chi connectivity index (χ4n) is 4.58. The second-order valence-corrected chi connectivity index (χ2v) is 10.8. The van der Waals surface area contributed by atoms with Crippen LogP contribution in [0.5, 0.6) is 0 Å². The molecule has 0 unspecified atom stereocenters. The van der Waals surface area contributed by atoms with Gasteiger partial charge >= 0.3 is 0 Å².